The van der Waals surface area contributed by atoms with Crippen LogP contribution in [-0.2, 0) is 13.6 Å². The van der Waals surface area contributed by atoms with Gasteiger partial charge in [0.05, 0.1) is 11.3 Å². The van der Waals surface area contributed by atoms with Gasteiger partial charge in [0.2, 0.25) is 0 Å². The van der Waals surface area contributed by atoms with E-state index in [4.69, 9.17) is 0 Å². The zero-order chi connectivity index (χ0) is 13.3. The normalized spacial score (nSPS) is 10.9. The predicted octanol–water partition coefficient (Wildman–Crippen LogP) is 1.72. The third kappa shape index (κ3) is 2.11. The Kier molecular flexibility index (Phi) is 3.39. The number of aromatic amines is 1. The summed E-state index contributed by atoms with van der Waals surface area (Å²) in [5.74, 6) is 0. The Bertz CT molecular complexity index is 622. The first-order valence-corrected chi connectivity index (χ1v) is 6.04. The molecule has 2 aromatic rings. The quantitative estimate of drug-likeness (QED) is 0.865. The minimum atomic E-state index is 0.0272. The lowest BCUT2D eigenvalue weighted by Gasteiger charge is -2.07. The van der Waals surface area contributed by atoms with E-state index in [1.165, 1.54) is 15.8 Å². The molecule has 0 aliphatic carbocycles. The van der Waals surface area contributed by atoms with Gasteiger partial charge in [-0.05, 0) is 26.5 Å². The molecule has 0 bridgehead atoms. The van der Waals surface area contributed by atoms with Crippen LogP contribution in [0.3, 0.4) is 0 Å². The van der Waals surface area contributed by atoms with Gasteiger partial charge < -0.3 is 5.32 Å². The van der Waals surface area contributed by atoms with E-state index in [9.17, 15) is 4.79 Å². The Labute approximate surface area is 107 Å². The van der Waals surface area contributed by atoms with Gasteiger partial charge in [-0.3, -0.25) is 14.6 Å². The van der Waals surface area contributed by atoms with E-state index < -0.39 is 0 Å². The van der Waals surface area contributed by atoms with E-state index in [1.807, 2.05) is 7.05 Å². The van der Waals surface area contributed by atoms with Gasteiger partial charge in [0, 0.05) is 19.2 Å². The summed E-state index contributed by atoms with van der Waals surface area (Å²) in [5, 5.41) is 6.18. The minimum absolute atomic E-state index is 0.0272. The van der Waals surface area contributed by atoms with Gasteiger partial charge in [-0.15, -0.1) is 0 Å². The number of H-pyrrole nitrogens is 1. The molecular formula is C14H19N3O. The molecule has 0 radical (unpaired) electrons. The lowest BCUT2D eigenvalue weighted by atomic mass is 10.0. The molecule has 0 atom stereocenters. The van der Waals surface area contributed by atoms with Gasteiger partial charge in [0.15, 0.2) is 0 Å². The standard InChI is InChI=1S/C14H19N3O/c1-9-5-6-11(10(2)7-9)13-12(8-15-3)14(18)17(4)16-13/h5-7,15-16H,8H2,1-4H3. The van der Waals surface area contributed by atoms with E-state index in [-0.39, 0.29) is 5.56 Å². The average Bonchev–Trinajstić information content (AvgIpc) is 2.58. The highest BCUT2D eigenvalue weighted by Crippen LogP contribution is 2.24. The highest BCUT2D eigenvalue weighted by atomic mass is 16.1. The maximum absolute atomic E-state index is 12.0. The number of rotatable bonds is 3. The van der Waals surface area contributed by atoms with Crippen molar-refractivity contribution in [1.29, 1.82) is 0 Å². The Balaban J connectivity index is 2.63. The van der Waals surface area contributed by atoms with Crippen molar-refractivity contribution >= 4 is 0 Å². The van der Waals surface area contributed by atoms with Crippen molar-refractivity contribution in [2.75, 3.05) is 7.05 Å². The van der Waals surface area contributed by atoms with Crippen LogP contribution in [0.2, 0.25) is 0 Å². The van der Waals surface area contributed by atoms with Crippen molar-refractivity contribution in [3.8, 4) is 11.3 Å². The molecule has 0 aliphatic rings. The minimum Gasteiger partial charge on any atom is -0.315 e. The van der Waals surface area contributed by atoms with Crippen molar-refractivity contribution in [1.82, 2.24) is 15.1 Å². The second-order valence-corrected chi connectivity index (χ2v) is 4.68. The van der Waals surface area contributed by atoms with Crippen LogP contribution in [0, 0.1) is 13.8 Å². The fourth-order valence-corrected chi connectivity index (χ4v) is 2.25. The van der Waals surface area contributed by atoms with Gasteiger partial charge in [0.25, 0.3) is 5.56 Å². The second kappa shape index (κ2) is 4.82. The maximum Gasteiger partial charge on any atom is 0.271 e. The van der Waals surface area contributed by atoms with Gasteiger partial charge in [-0.25, -0.2) is 0 Å². The monoisotopic (exact) mass is 245 g/mol. The molecule has 0 amide bonds. The third-order valence-corrected chi connectivity index (χ3v) is 3.15. The van der Waals surface area contributed by atoms with E-state index in [1.54, 1.807) is 7.05 Å². The van der Waals surface area contributed by atoms with Gasteiger partial charge in [-0.2, -0.15) is 0 Å². The molecular weight excluding hydrogens is 226 g/mol. The Morgan fingerprint density at radius 3 is 2.67 bits per heavy atom. The van der Waals surface area contributed by atoms with Crippen LogP contribution in [0.5, 0.6) is 0 Å². The topological polar surface area (TPSA) is 49.8 Å². The fraction of sp³-hybridized carbons (Fsp3) is 0.357. The SMILES string of the molecule is CNCc1c(-c2ccc(C)cc2C)[nH]n(C)c1=O. The smallest absolute Gasteiger partial charge is 0.271 e. The molecule has 1 aromatic carbocycles. The zero-order valence-corrected chi connectivity index (χ0v) is 11.3. The lowest BCUT2D eigenvalue weighted by molar-refractivity contribution is 0.734. The number of nitrogens with zero attached hydrogens (tertiary/aromatic N) is 1. The first-order valence-electron chi connectivity index (χ1n) is 6.04. The Hall–Kier alpha value is -1.81. The van der Waals surface area contributed by atoms with Crippen LogP contribution in [0.1, 0.15) is 16.7 Å². The number of aromatic nitrogens is 2. The summed E-state index contributed by atoms with van der Waals surface area (Å²) in [7, 11) is 3.59. The van der Waals surface area contributed by atoms with Crippen LogP contribution in [-0.4, -0.2) is 16.8 Å². The number of nitrogens with one attached hydrogen (secondary N) is 2. The van der Waals surface area contributed by atoms with Gasteiger partial charge >= 0.3 is 0 Å². The van der Waals surface area contributed by atoms with Crippen LogP contribution < -0.4 is 10.9 Å². The van der Waals surface area contributed by atoms with Gasteiger partial charge in [0.1, 0.15) is 0 Å². The summed E-state index contributed by atoms with van der Waals surface area (Å²) in [4.78, 5) is 12.0. The molecule has 4 nitrogen and oxygen atoms in total. The van der Waals surface area contributed by atoms with Crippen molar-refractivity contribution in [2.24, 2.45) is 7.05 Å². The first-order chi connectivity index (χ1) is 8.54. The highest BCUT2D eigenvalue weighted by Gasteiger charge is 2.14. The lowest BCUT2D eigenvalue weighted by Crippen LogP contribution is -2.19. The van der Waals surface area contributed by atoms with E-state index in [2.05, 4.69) is 42.5 Å². The average molecular weight is 245 g/mol. The summed E-state index contributed by atoms with van der Waals surface area (Å²) in [6.45, 7) is 4.70. The van der Waals surface area contributed by atoms with Gasteiger partial charge in [-0.1, -0.05) is 23.8 Å². The molecule has 0 saturated heterocycles. The summed E-state index contributed by atoms with van der Waals surface area (Å²) in [6.07, 6.45) is 0. The van der Waals surface area contributed by atoms with Crippen molar-refractivity contribution in [3.63, 3.8) is 0 Å². The van der Waals surface area contributed by atoms with Crippen LogP contribution >= 0.6 is 0 Å². The van der Waals surface area contributed by atoms with E-state index in [0.717, 1.165) is 16.8 Å². The molecule has 2 N–H and O–H groups in total. The molecule has 1 heterocycles. The van der Waals surface area contributed by atoms with E-state index in [0.29, 0.717) is 6.54 Å². The molecule has 1 aromatic heterocycles. The van der Waals surface area contributed by atoms with Crippen LogP contribution in [0.4, 0.5) is 0 Å². The van der Waals surface area contributed by atoms with Crippen molar-refractivity contribution in [3.05, 3.63) is 45.2 Å². The third-order valence-electron chi connectivity index (χ3n) is 3.15. The summed E-state index contributed by atoms with van der Waals surface area (Å²) in [6, 6.07) is 6.26. The molecule has 0 fully saturated rings. The predicted molar refractivity (Wildman–Crippen MR) is 73.7 cm³/mol. The maximum atomic E-state index is 12.0. The molecule has 0 saturated carbocycles. The zero-order valence-electron chi connectivity index (χ0n) is 11.3. The first kappa shape index (κ1) is 12.6. The van der Waals surface area contributed by atoms with Crippen molar-refractivity contribution in [2.45, 2.75) is 20.4 Å². The molecule has 2 rings (SSSR count). The second-order valence-electron chi connectivity index (χ2n) is 4.68. The molecule has 18 heavy (non-hydrogen) atoms. The largest absolute Gasteiger partial charge is 0.315 e. The summed E-state index contributed by atoms with van der Waals surface area (Å²) >= 11 is 0. The molecule has 0 aliphatic heterocycles. The van der Waals surface area contributed by atoms with Crippen molar-refractivity contribution < 1.29 is 0 Å². The Morgan fingerprint density at radius 2 is 2.06 bits per heavy atom. The molecule has 0 spiro atoms. The fourth-order valence-electron chi connectivity index (χ4n) is 2.25. The molecule has 4 heteroatoms. The highest BCUT2D eigenvalue weighted by molar-refractivity contribution is 5.66. The van der Waals surface area contributed by atoms with Crippen LogP contribution in [0.25, 0.3) is 11.3 Å². The number of hydrogen-bond donors (Lipinski definition) is 2. The number of hydrogen-bond acceptors (Lipinski definition) is 2. The number of aryl methyl sites for hydroxylation is 3. The van der Waals surface area contributed by atoms with E-state index >= 15 is 0 Å². The number of benzene rings is 1. The Morgan fingerprint density at radius 1 is 1.33 bits per heavy atom. The summed E-state index contributed by atoms with van der Waals surface area (Å²) < 4.78 is 1.53. The molecule has 96 valence electrons. The summed E-state index contributed by atoms with van der Waals surface area (Å²) in [5.41, 5.74) is 5.21. The molecule has 0 unspecified atom stereocenters. The van der Waals surface area contributed by atoms with Crippen LogP contribution in [0.15, 0.2) is 23.0 Å².